The van der Waals surface area contributed by atoms with Crippen LogP contribution in [-0.4, -0.2) is 111 Å². The Morgan fingerprint density at radius 1 is 1.04 bits per heavy atom. The molecule has 3 amide bonds. The molecule has 12 heteroatoms. The van der Waals surface area contributed by atoms with Crippen molar-refractivity contribution in [1.29, 1.82) is 0 Å². The maximum Gasteiger partial charge on any atom is 0.254 e. The molecule has 1 aromatic heterocycles. The van der Waals surface area contributed by atoms with Crippen molar-refractivity contribution in [3.63, 3.8) is 0 Å². The van der Waals surface area contributed by atoms with E-state index < -0.39 is 17.7 Å². The number of halogens is 1. The first kappa shape index (κ1) is 36.3. The van der Waals surface area contributed by atoms with Crippen LogP contribution >= 0.6 is 12.4 Å². The number of likely N-dealkylation sites (tertiary alicyclic amines) is 1. The van der Waals surface area contributed by atoms with Gasteiger partial charge in [-0.25, -0.2) is 4.68 Å². The van der Waals surface area contributed by atoms with E-state index in [1.165, 1.54) is 6.42 Å². The number of unbranched alkanes of at least 4 members (excludes halogenated alkanes) is 1. The molecule has 6 rings (SSSR count). The van der Waals surface area contributed by atoms with E-state index >= 15 is 0 Å². The van der Waals surface area contributed by atoms with Crippen LogP contribution in [0.4, 0.5) is 0 Å². The zero-order valence-electron chi connectivity index (χ0n) is 28.8. The van der Waals surface area contributed by atoms with Gasteiger partial charge < -0.3 is 25.0 Å². The summed E-state index contributed by atoms with van der Waals surface area (Å²) in [6.45, 7) is 11.2. The number of aromatic nitrogens is 2. The molecule has 0 unspecified atom stereocenters. The van der Waals surface area contributed by atoms with E-state index in [-0.39, 0.29) is 36.0 Å². The molecule has 3 aliphatic heterocycles. The summed E-state index contributed by atoms with van der Waals surface area (Å²) in [4.78, 5) is 46.8. The van der Waals surface area contributed by atoms with Gasteiger partial charge in [-0.3, -0.25) is 19.3 Å². The number of rotatable bonds is 9. The van der Waals surface area contributed by atoms with E-state index in [4.69, 9.17) is 9.84 Å². The number of nitrogens with zero attached hydrogens (tertiary/aromatic N) is 5. The third kappa shape index (κ3) is 7.15. The van der Waals surface area contributed by atoms with Crippen LogP contribution < -0.4 is 5.32 Å². The molecule has 264 valence electrons. The molecule has 2 N–H and O–H groups in total. The lowest BCUT2D eigenvalue weighted by atomic mass is 9.78. The van der Waals surface area contributed by atoms with Crippen molar-refractivity contribution < 1.29 is 24.2 Å². The van der Waals surface area contributed by atoms with Crippen LogP contribution in [0.15, 0.2) is 24.3 Å². The molecule has 1 aromatic carbocycles. The monoisotopic (exact) mass is 684 g/mol. The van der Waals surface area contributed by atoms with Crippen LogP contribution in [0.1, 0.15) is 92.0 Å². The summed E-state index contributed by atoms with van der Waals surface area (Å²) in [5.41, 5.74) is 3.84. The summed E-state index contributed by atoms with van der Waals surface area (Å²) in [5.74, 6) is -0.141. The first-order chi connectivity index (χ1) is 22.7. The number of aryl methyl sites for hydroxylation is 1. The van der Waals surface area contributed by atoms with Gasteiger partial charge in [0.1, 0.15) is 11.6 Å². The molecule has 0 bridgehead atoms. The molecule has 11 nitrogen and oxygen atoms in total. The highest BCUT2D eigenvalue weighted by Crippen LogP contribution is 2.37. The van der Waals surface area contributed by atoms with E-state index in [1.54, 1.807) is 0 Å². The number of piperidine rings is 1. The number of ether oxygens (including phenoxy) is 1. The molecule has 4 heterocycles. The van der Waals surface area contributed by atoms with Gasteiger partial charge in [0.15, 0.2) is 0 Å². The molecule has 48 heavy (non-hydrogen) atoms. The zero-order chi connectivity index (χ0) is 33.1. The highest BCUT2D eigenvalue weighted by atomic mass is 35.5. The van der Waals surface area contributed by atoms with Crippen molar-refractivity contribution in [3.05, 3.63) is 46.8 Å². The number of amides is 3. The van der Waals surface area contributed by atoms with Crippen molar-refractivity contribution in [2.24, 2.45) is 5.92 Å². The average molecular weight is 685 g/mol. The lowest BCUT2D eigenvalue weighted by molar-refractivity contribution is -0.166. The fourth-order valence-corrected chi connectivity index (χ4v) is 8.11. The first-order valence-corrected chi connectivity index (χ1v) is 17.8. The van der Waals surface area contributed by atoms with E-state index in [2.05, 4.69) is 24.1 Å². The highest BCUT2D eigenvalue weighted by molar-refractivity contribution is 6.00. The Labute approximate surface area is 290 Å². The minimum atomic E-state index is -0.875. The second kappa shape index (κ2) is 15.7. The number of nitrogens with one attached hydrogen (secondary N) is 1. The summed E-state index contributed by atoms with van der Waals surface area (Å²) in [5, 5.41) is 19.1. The minimum absolute atomic E-state index is 0. The number of aliphatic hydroxyl groups excluding tert-OH is 1. The van der Waals surface area contributed by atoms with Crippen LogP contribution in [0.25, 0.3) is 5.69 Å². The topological polar surface area (TPSA) is 120 Å². The molecule has 3 saturated heterocycles. The Kier molecular flexibility index (Phi) is 11.9. The summed E-state index contributed by atoms with van der Waals surface area (Å²) < 4.78 is 7.32. The largest absolute Gasteiger partial charge is 0.390 e. The quantitative estimate of drug-likeness (QED) is 0.413. The Morgan fingerprint density at radius 2 is 1.71 bits per heavy atom. The van der Waals surface area contributed by atoms with Gasteiger partial charge in [0.25, 0.3) is 5.91 Å². The number of morpholine rings is 1. The van der Waals surface area contributed by atoms with Crippen LogP contribution in [0, 0.1) is 19.8 Å². The van der Waals surface area contributed by atoms with Crippen molar-refractivity contribution in [3.8, 4) is 5.69 Å². The number of benzene rings is 1. The normalized spacial score (nSPS) is 22.8. The first-order valence-electron chi connectivity index (χ1n) is 17.8. The van der Waals surface area contributed by atoms with Gasteiger partial charge in [0.05, 0.1) is 30.7 Å². The summed E-state index contributed by atoms with van der Waals surface area (Å²) in [6, 6.07) is 6.78. The number of carbonyl (C=O) groups excluding carboxylic acids is 3. The Hall–Kier alpha value is -2.99. The number of aliphatic hydroxyl groups is 1. The van der Waals surface area contributed by atoms with Gasteiger partial charge in [-0.1, -0.05) is 32.6 Å². The molecule has 1 spiro atoms. The molecule has 2 atom stereocenters. The molecular formula is C36H53ClN6O5. The third-order valence-electron chi connectivity index (χ3n) is 11.1. The number of hydrogen-bond donors (Lipinski definition) is 2. The lowest BCUT2D eigenvalue weighted by Gasteiger charge is -2.52. The van der Waals surface area contributed by atoms with Crippen molar-refractivity contribution in [2.45, 2.75) is 103 Å². The fraction of sp³-hybridized carbons (Fsp3) is 0.667. The van der Waals surface area contributed by atoms with Gasteiger partial charge in [-0.15, -0.1) is 12.4 Å². The summed E-state index contributed by atoms with van der Waals surface area (Å²) >= 11 is 0. The number of carbonyl (C=O) groups is 3. The zero-order valence-corrected chi connectivity index (χ0v) is 29.6. The highest BCUT2D eigenvalue weighted by Gasteiger charge is 2.55. The number of piperazine rings is 1. The second-order valence-corrected chi connectivity index (χ2v) is 14.0. The Balaban J connectivity index is 0.00000451. The van der Waals surface area contributed by atoms with E-state index in [0.29, 0.717) is 70.9 Å². The van der Waals surface area contributed by atoms with Gasteiger partial charge in [0, 0.05) is 56.1 Å². The van der Waals surface area contributed by atoms with Gasteiger partial charge in [-0.2, -0.15) is 5.10 Å². The van der Waals surface area contributed by atoms with Crippen LogP contribution in [0.5, 0.6) is 0 Å². The minimum Gasteiger partial charge on any atom is -0.390 e. The molecule has 1 aliphatic carbocycles. The molecule has 4 aliphatic rings. The van der Waals surface area contributed by atoms with Gasteiger partial charge >= 0.3 is 0 Å². The summed E-state index contributed by atoms with van der Waals surface area (Å²) in [6.07, 6.45) is 7.16. The summed E-state index contributed by atoms with van der Waals surface area (Å²) in [7, 11) is 0. The Bertz CT molecular complexity index is 1430. The lowest BCUT2D eigenvalue weighted by Crippen LogP contribution is -2.75. The van der Waals surface area contributed by atoms with Gasteiger partial charge in [-0.05, 0) is 76.1 Å². The average Bonchev–Trinajstić information content (AvgIpc) is 3.39. The smallest absolute Gasteiger partial charge is 0.254 e. The standard InChI is InChI=1S/C36H52N6O5.ClH/c1-4-5-17-41-34(45)31(32(43)27-9-7-6-8-10-27)37-35(46)36(41)15-18-39(19-16-36)24-30-25(2)38-42(26(30)3)29-13-11-28(12-14-29)33(44)40-20-22-47-23-21-40;/h11-14,27,31-32,43H,4-10,15-24H2,1-3H3,(H,37,46);1H/t31-,32-;/m1./s1. The molecule has 4 fully saturated rings. The Morgan fingerprint density at radius 3 is 2.35 bits per heavy atom. The van der Waals surface area contributed by atoms with Crippen molar-refractivity contribution in [1.82, 2.24) is 29.8 Å². The van der Waals surface area contributed by atoms with Crippen molar-refractivity contribution >= 4 is 30.1 Å². The fourth-order valence-electron chi connectivity index (χ4n) is 8.11. The predicted molar refractivity (Wildman–Crippen MR) is 185 cm³/mol. The van der Waals surface area contributed by atoms with E-state index in [1.807, 2.05) is 45.7 Å². The van der Waals surface area contributed by atoms with Crippen molar-refractivity contribution in [2.75, 3.05) is 45.9 Å². The predicted octanol–water partition coefficient (Wildman–Crippen LogP) is 3.79. The maximum atomic E-state index is 14.0. The third-order valence-corrected chi connectivity index (χ3v) is 11.1. The second-order valence-electron chi connectivity index (χ2n) is 14.0. The van der Waals surface area contributed by atoms with Crippen LogP contribution in [0.2, 0.25) is 0 Å². The van der Waals surface area contributed by atoms with Crippen LogP contribution in [0.3, 0.4) is 0 Å². The molecule has 0 radical (unpaired) electrons. The maximum absolute atomic E-state index is 14.0. The van der Waals surface area contributed by atoms with E-state index in [9.17, 15) is 19.5 Å². The molecule has 1 saturated carbocycles. The molecule has 2 aromatic rings. The molecular weight excluding hydrogens is 632 g/mol. The SMILES string of the molecule is CCCCN1C(=O)[C@@H]([C@H](O)C2CCCCC2)NC(=O)C12CCN(Cc1c(C)nn(-c3ccc(C(=O)N4CCOCC4)cc3)c1C)CC2.Cl. The van der Waals surface area contributed by atoms with Gasteiger partial charge in [0.2, 0.25) is 11.8 Å². The van der Waals surface area contributed by atoms with Crippen LogP contribution in [-0.2, 0) is 20.9 Å². The number of hydrogen-bond acceptors (Lipinski definition) is 7. The van der Waals surface area contributed by atoms with E-state index in [0.717, 1.165) is 61.2 Å².